The van der Waals surface area contributed by atoms with Crippen LogP contribution in [0.25, 0.3) is 16.8 Å². The van der Waals surface area contributed by atoms with Crippen molar-refractivity contribution in [2.75, 3.05) is 18.6 Å². The number of rotatable bonds is 7. The first-order chi connectivity index (χ1) is 18.7. The number of benzene rings is 3. The van der Waals surface area contributed by atoms with E-state index >= 15 is 0 Å². The highest BCUT2D eigenvalue weighted by molar-refractivity contribution is 6.51. The third kappa shape index (κ3) is 4.85. The smallest absolute Gasteiger partial charge is 0.302 e. The average molecular weight is 526 g/mol. The molecule has 1 saturated heterocycles. The van der Waals surface area contributed by atoms with E-state index in [4.69, 9.17) is 9.47 Å². The van der Waals surface area contributed by atoms with Gasteiger partial charge in [0, 0.05) is 5.56 Å². The monoisotopic (exact) mass is 525 g/mol. The van der Waals surface area contributed by atoms with Crippen LogP contribution in [0.1, 0.15) is 42.1 Å². The highest BCUT2D eigenvalue weighted by Gasteiger charge is 2.48. The largest absolute Gasteiger partial charge is 0.507 e. The van der Waals surface area contributed by atoms with Crippen LogP contribution in [0.2, 0.25) is 0 Å². The maximum atomic E-state index is 13.5. The number of aromatic amines is 1. The number of anilines is 1. The zero-order chi connectivity index (χ0) is 27.8. The summed E-state index contributed by atoms with van der Waals surface area (Å²) in [5, 5.41) is 11.4. The molecule has 0 spiro atoms. The van der Waals surface area contributed by atoms with Gasteiger partial charge < -0.3 is 19.6 Å². The molecule has 5 rings (SSSR count). The Kier molecular flexibility index (Phi) is 6.87. The Morgan fingerprint density at radius 1 is 1.03 bits per heavy atom. The topological polar surface area (TPSA) is 105 Å². The summed E-state index contributed by atoms with van der Waals surface area (Å²) >= 11 is 0. The van der Waals surface area contributed by atoms with E-state index in [1.54, 1.807) is 55.6 Å². The van der Waals surface area contributed by atoms with E-state index in [0.717, 1.165) is 16.6 Å². The molecule has 4 aromatic rings. The molecular formula is C31H31N3O5. The van der Waals surface area contributed by atoms with Crippen molar-refractivity contribution in [2.45, 2.75) is 33.7 Å². The Morgan fingerprint density at radius 3 is 2.44 bits per heavy atom. The van der Waals surface area contributed by atoms with E-state index in [0.29, 0.717) is 40.7 Å². The first-order valence-electron chi connectivity index (χ1n) is 12.8. The van der Waals surface area contributed by atoms with E-state index in [2.05, 4.69) is 23.8 Å². The fourth-order valence-electron chi connectivity index (χ4n) is 4.68. The second-order valence-electron chi connectivity index (χ2n) is 10.2. The van der Waals surface area contributed by atoms with Crippen LogP contribution >= 0.6 is 0 Å². The van der Waals surface area contributed by atoms with Crippen molar-refractivity contribution in [3.63, 3.8) is 0 Å². The third-order valence-corrected chi connectivity index (χ3v) is 6.88. The predicted molar refractivity (Wildman–Crippen MR) is 150 cm³/mol. The van der Waals surface area contributed by atoms with Crippen LogP contribution in [-0.4, -0.2) is 40.5 Å². The van der Waals surface area contributed by atoms with Gasteiger partial charge in [-0.1, -0.05) is 26.0 Å². The quantitative estimate of drug-likeness (QED) is 0.178. The van der Waals surface area contributed by atoms with Gasteiger partial charge in [0.2, 0.25) is 5.95 Å². The van der Waals surface area contributed by atoms with Crippen molar-refractivity contribution >= 4 is 34.4 Å². The van der Waals surface area contributed by atoms with E-state index in [1.165, 1.54) is 4.90 Å². The van der Waals surface area contributed by atoms with Gasteiger partial charge in [0.1, 0.15) is 17.3 Å². The SMILES string of the molecule is COc1cccc(C2/C(=C(\O)c3ccc(OCC(C)C)cc3)C(=O)C(=O)N2c2nc3cc(C)c(C)cc3[nH]2)c1. The molecular weight excluding hydrogens is 494 g/mol. The number of amides is 1. The molecule has 1 aromatic heterocycles. The van der Waals surface area contributed by atoms with Gasteiger partial charge >= 0.3 is 5.91 Å². The number of fused-ring (bicyclic) bond motifs is 1. The molecule has 1 aliphatic heterocycles. The Labute approximate surface area is 226 Å². The minimum atomic E-state index is -0.931. The minimum Gasteiger partial charge on any atom is -0.507 e. The van der Waals surface area contributed by atoms with Crippen LogP contribution in [0, 0.1) is 19.8 Å². The summed E-state index contributed by atoms with van der Waals surface area (Å²) in [4.78, 5) is 36.2. The number of methoxy groups -OCH3 is 1. The lowest BCUT2D eigenvalue weighted by Crippen LogP contribution is -2.30. The van der Waals surface area contributed by atoms with Crippen molar-refractivity contribution in [3.05, 3.63) is 88.5 Å². The number of aryl methyl sites for hydroxylation is 2. The molecule has 1 aliphatic rings. The normalized spacial score (nSPS) is 16.9. The van der Waals surface area contributed by atoms with Gasteiger partial charge in [-0.25, -0.2) is 4.98 Å². The van der Waals surface area contributed by atoms with Gasteiger partial charge in [-0.3, -0.25) is 14.5 Å². The first kappa shape index (κ1) is 26.0. The van der Waals surface area contributed by atoms with Gasteiger partial charge in [-0.2, -0.15) is 0 Å². The third-order valence-electron chi connectivity index (χ3n) is 6.88. The van der Waals surface area contributed by atoms with Crippen molar-refractivity contribution in [1.29, 1.82) is 0 Å². The summed E-state index contributed by atoms with van der Waals surface area (Å²) in [6.07, 6.45) is 0. The number of hydrogen-bond acceptors (Lipinski definition) is 6. The van der Waals surface area contributed by atoms with Crippen LogP contribution < -0.4 is 14.4 Å². The predicted octanol–water partition coefficient (Wildman–Crippen LogP) is 5.85. The number of aliphatic hydroxyl groups is 1. The Morgan fingerprint density at radius 2 is 1.74 bits per heavy atom. The molecule has 0 saturated carbocycles. The molecule has 39 heavy (non-hydrogen) atoms. The first-order valence-corrected chi connectivity index (χ1v) is 12.8. The maximum absolute atomic E-state index is 13.5. The van der Waals surface area contributed by atoms with Crippen LogP contribution in [0.3, 0.4) is 0 Å². The molecule has 8 heteroatoms. The number of hydrogen-bond donors (Lipinski definition) is 2. The Balaban J connectivity index is 1.64. The highest BCUT2D eigenvalue weighted by Crippen LogP contribution is 2.42. The molecule has 8 nitrogen and oxygen atoms in total. The molecule has 1 atom stereocenters. The zero-order valence-electron chi connectivity index (χ0n) is 22.6. The number of imidazole rings is 1. The summed E-state index contributed by atoms with van der Waals surface area (Å²) in [7, 11) is 1.54. The second-order valence-corrected chi connectivity index (χ2v) is 10.2. The maximum Gasteiger partial charge on any atom is 0.302 e. The summed E-state index contributed by atoms with van der Waals surface area (Å²) in [6, 6.07) is 16.9. The van der Waals surface area contributed by atoms with Crippen molar-refractivity contribution in [1.82, 2.24) is 9.97 Å². The number of carbonyl (C=O) groups is 2. The van der Waals surface area contributed by atoms with Crippen molar-refractivity contribution < 1.29 is 24.2 Å². The standard InChI is InChI=1S/C31H31N3O5/c1-17(2)16-39-22-11-9-20(10-12-22)28(35)26-27(21-7-6-8-23(15-21)38-5)34(30(37)29(26)36)31-32-24-13-18(3)19(4)14-25(24)33-31/h6-15,17,27,35H,16H2,1-5H3,(H,32,33)/b28-26+. The number of Topliss-reactive ketones (excluding diaryl/α,β-unsaturated/α-hetero) is 1. The lowest BCUT2D eigenvalue weighted by Gasteiger charge is -2.23. The number of nitrogens with zero attached hydrogens (tertiary/aromatic N) is 2. The molecule has 1 unspecified atom stereocenters. The Hall–Kier alpha value is -4.59. The van der Waals surface area contributed by atoms with Gasteiger partial charge in [0.15, 0.2) is 0 Å². The number of aromatic nitrogens is 2. The zero-order valence-corrected chi connectivity index (χ0v) is 22.6. The molecule has 1 fully saturated rings. The lowest BCUT2D eigenvalue weighted by molar-refractivity contribution is -0.132. The Bertz CT molecular complexity index is 1560. The molecule has 2 heterocycles. The van der Waals surface area contributed by atoms with E-state index in [-0.39, 0.29) is 17.3 Å². The second kappa shape index (κ2) is 10.3. The van der Waals surface area contributed by atoms with Crippen molar-refractivity contribution in [2.24, 2.45) is 5.92 Å². The molecule has 2 N–H and O–H groups in total. The molecule has 0 radical (unpaired) electrons. The molecule has 1 amide bonds. The minimum absolute atomic E-state index is 0.0306. The fourth-order valence-corrected chi connectivity index (χ4v) is 4.68. The van der Waals surface area contributed by atoms with E-state index < -0.39 is 17.7 Å². The molecule has 0 aliphatic carbocycles. The summed E-state index contributed by atoms with van der Waals surface area (Å²) in [5.41, 5.74) is 4.52. The summed E-state index contributed by atoms with van der Waals surface area (Å²) < 4.78 is 11.2. The van der Waals surface area contributed by atoms with Crippen molar-refractivity contribution in [3.8, 4) is 11.5 Å². The molecule has 3 aromatic carbocycles. The lowest BCUT2D eigenvalue weighted by atomic mass is 9.95. The van der Waals surface area contributed by atoms with Crippen LogP contribution in [0.4, 0.5) is 5.95 Å². The molecule has 0 bridgehead atoms. The number of nitrogens with one attached hydrogen (secondary N) is 1. The van der Waals surface area contributed by atoms with E-state index in [1.807, 2.05) is 26.0 Å². The summed E-state index contributed by atoms with van der Waals surface area (Å²) in [5.74, 6) is -0.0631. The van der Waals surface area contributed by atoms with Crippen LogP contribution in [0.15, 0.2) is 66.2 Å². The van der Waals surface area contributed by atoms with Gasteiger partial charge in [0.25, 0.3) is 5.78 Å². The summed E-state index contributed by atoms with van der Waals surface area (Å²) in [6.45, 7) is 8.66. The number of aliphatic hydroxyl groups excluding tert-OH is 1. The van der Waals surface area contributed by atoms with E-state index in [9.17, 15) is 14.7 Å². The van der Waals surface area contributed by atoms with Gasteiger partial charge in [-0.05, 0) is 85.0 Å². The number of H-pyrrole nitrogens is 1. The molecule has 200 valence electrons. The van der Waals surface area contributed by atoms with Gasteiger partial charge in [0.05, 0.1) is 36.4 Å². The highest BCUT2D eigenvalue weighted by atomic mass is 16.5. The number of carbonyl (C=O) groups excluding carboxylic acids is 2. The average Bonchev–Trinajstić information content (AvgIpc) is 3.44. The van der Waals surface area contributed by atoms with Gasteiger partial charge in [-0.15, -0.1) is 0 Å². The van der Waals surface area contributed by atoms with Crippen LogP contribution in [0.5, 0.6) is 11.5 Å². The fraction of sp³-hybridized carbons (Fsp3) is 0.258. The number of ether oxygens (including phenoxy) is 2. The van der Waals surface area contributed by atoms with Crippen LogP contribution in [-0.2, 0) is 9.59 Å². The number of ketones is 1.